The van der Waals surface area contributed by atoms with Crippen LogP contribution in [0.15, 0.2) is 0 Å². The van der Waals surface area contributed by atoms with Gasteiger partial charge in [0.05, 0.1) is 12.2 Å². The first kappa shape index (κ1) is 25.2. The Morgan fingerprint density at radius 1 is 0.800 bits per heavy atom. The molecule has 0 radical (unpaired) electrons. The molecule has 35 heavy (non-hydrogen) atoms. The minimum Gasteiger partial charge on any atom is -0.393 e. The average molecular weight is 487 g/mol. The fourth-order valence-electron chi connectivity index (χ4n) is 12.9. The summed E-state index contributed by atoms with van der Waals surface area (Å²) in [7, 11) is 0. The summed E-state index contributed by atoms with van der Waals surface area (Å²) in [6.45, 7) is 23.1. The number of rotatable bonds is 3. The maximum absolute atomic E-state index is 11.0. The number of ether oxygens (including phenoxy) is 2. The molecule has 0 amide bonds. The fourth-order valence-corrected chi connectivity index (χ4v) is 12.9. The first-order valence-electron chi connectivity index (χ1n) is 15.2. The largest absolute Gasteiger partial charge is 0.393 e. The lowest BCUT2D eigenvalue weighted by Gasteiger charge is -2.73. The minimum atomic E-state index is -0.151. The standard InChI is InChI=1S/C32H54O3/c1-10-34-25-19-30(9)23(29(8)17-18-31(20(2)3)32(25,29)35-31)12-11-22-27(6)15-14-24(33)26(4,5)21(27)13-16-28(22,30)7/h20-25,33H,10-19H2,1-9H3/t21-,22+,23+,24-,25+,27-,28+,29+,30+,31-,32-/m0/s1. The van der Waals surface area contributed by atoms with Crippen LogP contribution in [0.4, 0.5) is 0 Å². The number of aliphatic hydroxyl groups excluding tert-OH is 1. The van der Waals surface area contributed by atoms with Gasteiger partial charge in [-0.3, -0.25) is 0 Å². The Morgan fingerprint density at radius 2 is 1.49 bits per heavy atom. The predicted molar refractivity (Wildman–Crippen MR) is 141 cm³/mol. The summed E-state index contributed by atoms with van der Waals surface area (Å²) >= 11 is 0. The van der Waals surface area contributed by atoms with Crippen LogP contribution in [0.2, 0.25) is 0 Å². The molecule has 3 nitrogen and oxygen atoms in total. The smallest absolute Gasteiger partial charge is 0.130 e. The second-order valence-electron chi connectivity index (χ2n) is 15.9. The maximum Gasteiger partial charge on any atom is 0.130 e. The Hall–Kier alpha value is -0.120. The molecule has 1 aliphatic heterocycles. The van der Waals surface area contributed by atoms with Gasteiger partial charge in [0.15, 0.2) is 0 Å². The number of fused-ring (bicyclic) bond motifs is 6. The molecule has 0 aromatic rings. The monoisotopic (exact) mass is 486 g/mol. The predicted octanol–water partition coefficient (Wildman–Crippen LogP) is 7.40. The Labute approximate surface area is 215 Å². The second-order valence-corrected chi connectivity index (χ2v) is 15.9. The zero-order chi connectivity index (χ0) is 25.4. The molecule has 200 valence electrons. The SMILES string of the molecule is CCO[C@@H]1C[C@]2(C)[C@H](CC[C@@H]3[C@@]4(C)CC[C@H](O)C(C)(C)[C@@H]4CC[C@]32C)[C@@]2(C)CC[C@@]3(C(C)C)O[C@]132. The van der Waals surface area contributed by atoms with Gasteiger partial charge in [-0.15, -0.1) is 0 Å². The van der Waals surface area contributed by atoms with Crippen molar-refractivity contribution in [3.05, 3.63) is 0 Å². The normalized spacial score (nSPS) is 60.3. The van der Waals surface area contributed by atoms with Crippen LogP contribution in [0.1, 0.15) is 120 Å². The van der Waals surface area contributed by atoms with E-state index in [9.17, 15) is 5.11 Å². The molecule has 1 N–H and O–H groups in total. The molecule has 5 aliphatic carbocycles. The molecular weight excluding hydrogens is 432 g/mol. The van der Waals surface area contributed by atoms with Crippen molar-refractivity contribution in [1.82, 2.24) is 0 Å². The molecule has 1 spiro atoms. The molecule has 3 heteroatoms. The summed E-state index contributed by atoms with van der Waals surface area (Å²) in [6, 6.07) is 0. The molecule has 0 unspecified atom stereocenters. The molecule has 6 rings (SSSR count). The van der Waals surface area contributed by atoms with Crippen LogP contribution in [0.3, 0.4) is 0 Å². The highest BCUT2D eigenvalue weighted by Gasteiger charge is 2.89. The second kappa shape index (κ2) is 7.09. The van der Waals surface area contributed by atoms with Gasteiger partial charge >= 0.3 is 0 Å². The molecule has 0 bridgehead atoms. The third kappa shape index (κ3) is 2.52. The third-order valence-electron chi connectivity index (χ3n) is 14.8. The van der Waals surface area contributed by atoms with Gasteiger partial charge in [-0.2, -0.15) is 0 Å². The lowest BCUT2D eigenvalue weighted by Crippen LogP contribution is -2.70. The molecule has 6 aliphatic rings. The summed E-state index contributed by atoms with van der Waals surface area (Å²) in [5, 5.41) is 11.0. The van der Waals surface area contributed by atoms with Crippen molar-refractivity contribution < 1.29 is 14.6 Å². The van der Waals surface area contributed by atoms with Crippen LogP contribution >= 0.6 is 0 Å². The summed E-state index contributed by atoms with van der Waals surface area (Å²) < 4.78 is 13.8. The highest BCUT2D eigenvalue weighted by atomic mass is 16.7. The van der Waals surface area contributed by atoms with E-state index in [2.05, 4.69) is 62.3 Å². The van der Waals surface area contributed by atoms with Crippen molar-refractivity contribution in [3.8, 4) is 0 Å². The Balaban J connectivity index is 1.43. The van der Waals surface area contributed by atoms with Crippen LogP contribution in [0.5, 0.6) is 0 Å². The van der Waals surface area contributed by atoms with Crippen LogP contribution in [0.25, 0.3) is 0 Å². The van der Waals surface area contributed by atoms with Crippen LogP contribution in [0, 0.1) is 50.7 Å². The molecule has 6 fully saturated rings. The lowest BCUT2D eigenvalue weighted by molar-refractivity contribution is -0.272. The highest BCUT2D eigenvalue weighted by molar-refractivity contribution is 5.37. The van der Waals surface area contributed by atoms with Crippen molar-refractivity contribution in [3.63, 3.8) is 0 Å². The highest BCUT2D eigenvalue weighted by Crippen LogP contribution is 2.84. The van der Waals surface area contributed by atoms with Gasteiger partial charge in [0.1, 0.15) is 11.2 Å². The lowest BCUT2D eigenvalue weighted by atomic mass is 9.31. The first-order valence-corrected chi connectivity index (χ1v) is 15.2. The number of hydrogen-bond donors (Lipinski definition) is 1. The quantitative estimate of drug-likeness (QED) is 0.423. The zero-order valence-electron chi connectivity index (χ0n) is 24.3. The van der Waals surface area contributed by atoms with E-state index in [1.54, 1.807) is 0 Å². The van der Waals surface area contributed by atoms with Gasteiger partial charge in [0.25, 0.3) is 0 Å². The van der Waals surface area contributed by atoms with E-state index >= 15 is 0 Å². The Kier molecular flexibility index (Phi) is 5.10. The molecule has 1 saturated heterocycles. The van der Waals surface area contributed by atoms with Crippen molar-refractivity contribution in [1.29, 1.82) is 0 Å². The van der Waals surface area contributed by atoms with E-state index in [0.29, 0.717) is 28.6 Å². The molecule has 0 aromatic heterocycles. The van der Waals surface area contributed by atoms with Crippen molar-refractivity contribution in [2.75, 3.05) is 6.61 Å². The van der Waals surface area contributed by atoms with Gasteiger partial charge in [-0.1, -0.05) is 55.4 Å². The van der Waals surface area contributed by atoms with Gasteiger partial charge < -0.3 is 14.6 Å². The van der Waals surface area contributed by atoms with Gasteiger partial charge in [0, 0.05) is 12.0 Å². The minimum absolute atomic E-state index is 0.0206. The van der Waals surface area contributed by atoms with E-state index < -0.39 is 0 Å². The van der Waals surface area contributed by atoms with Crippen molar-refractivity contribution in [2.45, 2.75) is 144 Å². The van der Waals surface area contributed by atoms with E-state index in [1.807, 2.05) is 0 Å². The summed E-state index contributed by atoms with van der Waals surface area (Å²) in [4.78, 5) is 0. The molecule has 0 aromatic carbocycles. The van der Waals surface area contributed by atoms with Crippen molar-refractivity contribution in [2.24, 2.45) is 50.7 Å². The number of hydrogen-bond acceptors (Lipinski definition) is 3. The molecule has 5 saturated carbocycles. The molecule has 11 atom stereocenters. The summed E-state index contributed by atoms with van der Waals surface area (Å²) in [6.07, 6.45) is 11.2. The van der Waals surface area contributed by atoms with Crippen LogP contribution in [-0.4, -0.2) is 35.1 Å². The number of epoxide rings is 1. The van der Waals surface area contributed by atoms with Gasteiger partial charge in [-0.25, -0.2) is 0 Å². The average Bonchev–Trinajstić information content (AvgIpc) is 3.40. The van der Waals surface area contributed by atoms with Gasteiger partial charge in [0.2, 0.25) is 0 Å². The van der Waals surface area contributed by atoms with Crippen LogP contribution < -0.4 is 0 Å². The molecular formula is C32H54O3. The van der Waals surface area contributed by atoms with E-state index in [4.69, 9.17) is 9.47 Å². The number of aliphatic hydroxyl groups is 1. The summed E-state index contributed by atoms with van der Waals surface area (Å²) in [5.41, 5.74) is 1.10. The van der Waals surface area contributed by atoms with E-state index in [-0.39, 0.29) is 39.7 Å². The van der Waals surface area contributed by atoms with E-state index in [0.717, 1.165) is 25.4 Å². The van der Waals surface area contributed by atoms with Gasteiger partial charge in [-0.05, 0) is 110 Å². The maximum atomic E-state index is 11.0. The Morgan fingerprint density at radius 3 is 2.11 bits per heavy atom. The molecule has 1 heterocycles. The van der Waals surface area contributed by atoms with Crippen molar-refractivity contribution >= 4 is 0 Å². The Bertz CT molecular complexity index is 897. The van der Waals surface area contributed by atoms with Crippen LogP contribution in [-0.2, 0) is 9.47 Å². The summed E-state index contributed by atoms with van der Waals surface area (Å²) in [5.74, 6) is 2.61. The first-order chi connectivity index (χ1) is 16.2. The topological polar surface area (TPSA) is 42.0 Å². The van der Waals surface area contributed by atoms with E-state index in [1.165, 1.54) is 44.9 Å². The zero-order valence-corrected chi connectivity index (χ0v) is 24.3. The third-order valence-corrected chi connectivity index (χ3v) is 14.8. The fraction of sp³-hybridized carbons (Fsp3) is 1.00.